The van der Waals surface area contributed by atoms with Crippen molar-refractivity contribution in [2.75, 3.05) is 0 Å². The Labute approximate surface area is 111 Å². The first-order chi connectivity index (χ1) is 8.81. The molecule has 4 aliphatic rings. The van der Waals surface area contributed by atoms with E-state index in [1.807, 2.05) is 0 Å². The summed E-state index contributed by atoms with van der Waals surface area (Å²) in [7, 11) is 0. The lowest BCUT2D eigenvalue weighted by atomic mass is 9.49. The summed E-state index contributed by atoms with van der Waals surface area (Å²) in [5, 5.41) is 0. The minimum absolute atomic E-state index is 0.779. The summed E-state index contributed by atoms with van der Waals surface area (Å²) in [6, 6.07) is 11.3. The summed E-state index contributed by atoms with van der Waals surface area (Å²) in [5.41, 5.74) is 1.58. The van der Waals surface area contributed by atoms with Gasteiger partial charge in [0.1, 0.15) is 0 Å². The first-order valence-corrected chi connectivity index (χ1v) is 7.86. The Morgan fingerprint density at radius 2 is 1.39 bits per heavy atom. The van der Waals surface area contributed by atoms with E-state index in [4.69, 9.17) is 0 Å². The van der Waals surface area contributed by atoms with Crippen molar-refractivity contribution >= 4 is 0 Å². The van der Waals surface area contributed by atoms with Gasteiger partial charge in [-0.3, -0.25) is 0 Å². The van der Waals surface area contributed by atoms with E-state index < -0.39 is 0 Å². The van der Waals surface area contributed by atoms with E-state index in [0.29, 0.717) is 0 Å². The molecule has 4 aliphatic carbocycles. The molecule has 4 fully saturated rings. The lowest BCUT2D eigenvalue weighted by Gasteiger charge is -2.56. The highest BCUT2D eigenvalue weighted by atomic mass is 14.5. The van der Waals surface area contributed by atoms with Gasteiger partial charge in [0.2, 0.25) is 0 Å². The van der Waals surface area contributed by atoms with Crippen molar-refractivity contribution in [3.05, 3.63) is 35.9 Å². The SMILES string of the molecule is CC(c1ccccc1)C1C2CC3CC(C2)CC1C3. The van der Waals surface area contributed by atoms with Crippen LogP contribution in [0.4, 0.5) is 0 Å². The van der Waals surface area contributed by atoms with E-state index in [1.54, 1.807) is 37.7 Å². The van der Waals surface area contributed by atoms with Crippen LogP contribution in [0.15, 0.2) is 30.3 Å². The minimum atomic E-state index is 0.779. The van der Waals surface area contributed by atoms with Crippen LogP contribution in [0.2, 0.25) is 0 Å². The summed E-state index contributed by atoms with van der Waals surface area (Å²) in [6.45, 7) is 2.49. The van der Waals surface area contributed by atoms with Crippen LogP contribution in [0.3, 0.4) is 0 Å². The van der Waals surface area contributed by atoms with Gasteiger partial charge in [-0.25, -0.2) is 0 Å². The third-order valence-corrected chi connectivity index (χ3v) is 6.20. The van der Waals surface area contributed by atoms with Crippen molar-refractivity contribution in [1.29, 1.82) is 0 Å². The molecule has 0 saturated heterocycles. The second-order valence-corrected chi connectivity index (χ2v) is 7.21. The minimum Gasteiger partial charge on any atom is -0.0622 e. The Morgan fingerprint density at radius 3 is 1.94 bits per heavy atom. The van der Waals surface area contributed by atoms with Crippen LogP contribution in [-0.4, -0.2) is 0 Å². The summed E-state index contributed by atoms with van der Waals surface area (Å²) in [4.78, 5) is 0. The fourth-order valence-corrected chi connectivity index (χ4v) is 5.76. The molecule has 4 saturated carbocycles. The predicted molar refractivity (Wildman–Crippen MR) is 75.4 cm³/mol. The Kier molecular flexibility index (Phi) is 2.53. The monoisotopic (exact) mass is 240 g/mol. The van der Waals surface area contributed by atoms with Gasteiger partial charge >= 0.3 is 0 Å². The predicted octanol–water partition coefficient (Wildman–Crippen LogP) is 4.86. The van der Waals surface area contributed by atoms with Crippen molar-refractivity contribution in [2.24, 2.45) is 29.6 Å². The van der Waals surface area contributed by atoms with Gasteiger partial charge in [0.05, 0.1) is 0 Å². The molecule has 0 amide bonds. The lowest BCUT2D eigenvalue weighted by Crippen LogP contribution is -2.46. The number of hydrogen-bond donors (Lipinski definition) is 0. The van der Waals surface area contributed by atoms with E-state index >= 15 is 0 Å². The van der Waals surface area contributed by atoms with Crippen LogP contribution >= 0.6 is 0 Å². The average molecular weight is 240 g/mol. The molecule has 4 bridgehead atoms. The molecule has 1 aromatic carbocycles. The molecule has 0 spiro atoms. The van der Waals surface area contributed by atoms with Gasteiger partial charge in [-0.15, -0.1) is 0 Å². The maximum absolute atomic E-state index is 2.49. The van der Waals surface area contributed by atoms with E-state index in [0.717, 1.165) is 35.5 Å². The highest BCUT2D eigenvalue weighted by Crippen LogP contribution is 2.59. The Hall–Kier alpha value is -0.780. The Bertz CT molecular complexity index is 391. The second kappa shape index (κ2) is 4.11. The molecule has 0 heteroatoms. The highest BCUT2D eigenvalue weighted by Gasteiger charge is 2.49. The zero-order chi connectivity index (χ0) is 12.1. The fourth-order valence-electron chi connectivity index (χ4n) is 5.76. The van der Waals surface area contributed by atoms with E-state index in [9.17, 15) is 0 Å². The van der Waals surface area contributed by atoms with Crippen molar-refractivity contribution in [3.63, 3.8) is 0 Å². The summed E-state index contributed by atoms with van der Waals surface area (Å²) in [6.07, 6.45) is 7.77. The zero-order valence-electron chi connectivity index (χ0n) is 11.4. The molecule has 0 N–H and O–H groups in total. The van der Waals surface area contributed by atoms with Gasteiger partial charge in [-0.1, -0.05) is 37.3 Å². The summed E-state index contributed by atoms with van der Waals surface area (Å²) in [5.74, 6) is 6.08. The summed E-state index contributed by atoms with van der Waals surface area (Å²) < 4.78 is 0. The highest BCUT2D eigenvalue weighted by molar-refractivity contribution is 5.21. The van der Waals surface area contributed by atoms with Crippen LogP contribution in [0, 0.1) is 29.6 Å². The van der Waals surface area contributed by atoms with Gasteiger partial charge in [0.25, 0.3) is 0 Å². The fraction of sp³-hybridized carbons (Fsp3) is 0.667. The number of hydrogen-bond acceptors (Lipinski definition) is 0. The lowest BCUT2D eigenvalue weighted by molar-refractivity contribution is -0.0455. The van der Waals surface area contributed by atoms with Crippen LogP contribution in [0.1, 0.15) is 50.5 Å². The molecule has 5 rings (SSSR count). The van der Waals surface area contributed by atoms with Gasteiger partial charge in [-0.05, 0) is 73.2 Å². The Balaban J connectivity index is 1.61. The zero-order valence-corrected chi connectivity index (χ0v) is 11.4. The van der Waals surface area contributed by atoms with E-state index in [-0.39, 0.29) is 0 Å². The molecular weight excluding hydrogens is 216 g/mol. The van der Waals surface area contributed by atoms with Crippen molar-refractivity contribution in [3.8, 4) is 0 Å². The second-order valence-electron chi connectivity index (χ2n) is 7.21. The first kappa shape index (κ1) is 11.1. The third-order valence-electron chi connectivity index (χ3n) is 6.20. The Morgan fingerprint density at radius 1 is 0.833 bits per heavy atom. The molecule has 0 aliphatic heterocycles. The smallest absolute Gasteiger partial charge is 0.0157 e. The van der Waals surface area contributed by atoms with E-state index in [1.165, 1.54) is 0 Å². The van der Waals surface area contributed by atoms with E-state index in [2.05, 4.69) is 37.3 Å². The molecular formula is C18H24. The van der Waals surface area contributed by atoms with Gasteiger partial charge in [0.15, 0.2) is 0 Å². The maximum Gasteiger partial charge on any atom is -0.0157 e. The molecule has 1 aromatic rings. The van der Waals surface area contributed by atoms with Crippen molar-refractivity contribution in [2.45, 2.75) is 44.9 Å². The van der Waals surface area contributed by atoms with Crippen LogP contribution in [-0.2, 0) is 0 Å². The molecule has 0 aromatic heterocycles. The standard InChI is InChI=1S/C18H24/c1-12(15-5-3-2-4-6-15)18-16-8-13-7-14(10-16)11-17(18)9-13/h2-6,12-14,16-18H,7-11H2,1H3. The van der Waals surface area contributed by atoms with Crippen LogP contribution < -0.4 is 0 Å². The third kappa shape index (κ3) is 1.65. The number of benzene rings is 1. The summed E-state index contributed by atoms with van der Waals surface area (Å²) >= 11 is 0. The van der Waals surface area contributed by atoms with Gasteiger partial charge in [0, 0.05) is 0 Å². The van der Waals surface area contributed by atoms with Crippen molar-refractivity contribution in [1.82, 2.24) is 0 Å². The molecule has 0 heterocycles. The van der Waals surface area contributed by atoms with Crippen LogP contribution in [0.25, 0.3) is 0 Å². The van der Waals surface area contributed by atoms with Crippen molar-refractivity contribution < 1.29 is 0 Å². The topological polar surface area (TPSA) is 0 Å². The quantitative estimate of drug-likeness (QED) is 0.692. The molecule has 1 atom stereocenters. The largest absolute Gasteiger partial charge is 0.0622 e. The molecule has 0 nitrogen and oxygen atoms in total. The first-order valence-electron chi connectivity index (χ1n) is 7.86. The molecule has 1 unspecified atom stereocenters. The average Bonchev–Trinajstić information content (AvgIpc) is 2.38. The normalized spacial score (nSPS) is 43.1. The molecule has 96 valence electrons. The van der Waals surface area contributed by atoms with Crippen LogP contribution in [0.5, 0.6) is 0 Å². The maximum atomic E-state index is 2.49. The molecule has 0 radical (unpaired) electrons. The number of rotatable bonds is 2. The molecule has 18 heavy (non-hydrogen) atoms. The van der Waals surface area contributed by atoms with Gasteiger partial charge < -0.3 is 0 Å². The van der Waals surface area contributed by atoms with Gasteiger partial charge in [-0.2, -0.15) is 0 Å².